The van der Waals surface area contributed by atoms with Gasteiger partial charge < -0.3 is 10.2 Å². The minimum atomic E-state index is -0.581. The van der Waals surface area contributed by atoms with Crippen LogP contribution in [0.15, 0.2) is 54.6 Å². The molecule has 5 heteroatoms. The highest BCUT2D eigenvalue weighted by Gasteiger charge is 2.29. The van der Waals surface area contributed by atoms with Crippen molar-refractivity contribution in [1.82, 2.24) is 10.2 Å². The highest BCUT2D eigenvalue weighted by Crippen LogP contribution is 2.21. The number of benzene rings is 2. The van der Waals surface area contributed by atoms with Crippen LogP contribution in [-0.4, -0.2) is 29.3 Å². The van der Waals surface area contributed by atoms with Crippen LogP contribution in [0.1, 0.15) is 44.2 Å². The second kappa shape index (κ2) is 11.5. The van der Waals surface area contributed by atoms with Crippen molar-refractivity contribution in [3.05, 3.63) is 70.7 Å². The first kappa shape index (κ1) is 22.0. The molecule has 0 spiro atoms. The monoisotopic (exact) mass is 400 g/mol. The van der Waals surface area contributed by atoms with Gasteiger partial charge in [0.1, 0.15) is 6.04 Å². The zero-order chi connectivity index (χ0) is 20.4. The number of halogens is 1. The molecule has 28 heavy (non-hydrogen) atoms. The summed E-state index contributed by atoms with van der Waals surface area (Å²) in [7, 11) is 0. The van der Waals surface area contributed by atoms with Crippen LogP contribution in [0.4, 0.5) is 0 Å². The lowest BCUT2D eigenvalue weighted by Gasteiger charge is -2.31. The molecule has 1 N–H and O–H groups in total. The van der Waals surface area contributed by atoms with E-state index in [-0.39, 0.29) is 11.8 Å². The Morgan fingerprint density at radius 2 is 1.71 bits per heavy atom. The third-order valence-electron chi connectivity index (χ3n) is 4.70. The molecular weight excluding hydrogens is 372 g/mol. The molecule has 0 aliphatic carbocycles. The Kier molecular flexibility index (Phi) is 9.02. The van der Waals surface area contributed by atoms with Crippen molar-refractivity contribution >= 4 is 23.4 Å². The zero-order valence-electron chi connectivity index (χ0n) is 16.7. The van der Waals surface area contributed by atoms with Crippen molar-refractivity contribution in [1.29, 1.82) is 0 Å². The van der Waals surface area contributed by atoms with Crippen LogP contribution in [0.5, 0.6) is 0 Å². The van der Waals surface area contributed by atoms with Gasteiger partial charge >= 0.3 is 0 Å². The molecule has 2 aromatic carbocycles. The zero-order valence-corrected chi connectivity index (χ0v) is 17.4. The van der Waals surface area contributed by atoms with Gasteiger partial charge in [-0.3, -0.25) is 9.59 Å². The van der Waals surface area contributed by atoms with E-state index in [1.807, 2.05) is 55.5 Å². The summed E-state index contributed by atoms with van der Waals surface area (Å²) in [5.74, 6) is -0.183. The number of hydrogen-bond acceptors (Lipinski definition) is 2. The predicted molar refractivity (Wildman–Crippen MR) is 114 cm³/mol. The minimum absolute atomic E-state index is 0.0634. The Hall–Kier alpha value is -2.33. The van der Waals surface area contributed by atoms with Crippen molar-refractivity contribution in [2.75, 3.05) is 6.54 Å². The SMILES string of the molecule is CCCCNC(=O)C(Cc1ccccc1)N(Cc1ccccc1Cl)C(=O)CC. The maximum atomic E-state index is 13.0. The standard InChI is InChI=1S/C23H29ClN2O2/c1-3-5-15-25-23(28)21(16-18-11-7-6-8-12-18)26(22(27)4-2)17-19-13-9-10-14-20(19)24/h6-14,21H,3-5,15-17H2,1-2H3,(H,25,28). The Bertz CT molecular complexity index is 764. The lowest BCUT2D eigenvalue weighted by molar-refractivity contribution is -0.141. The van der Waals surface area contributed by atoms with Crippen LogP contribution in [-0.2, 0) is 22.6 Å². The van der Waals surface area contributed by atoms with E-state index < -0.39 is 6.04 Å². The summed E-state index contributed by atoms with van der Waals surface area (Å²) in [6.07, 6.45) is 2.71. The number of nitrogens with zero attached hydrogens (tertiary/aromatic N) is 1. The van der Waals surface area contributed by atoms with Gasteiger partial charge in [-0.05, 0) is 23.6 Å². The van der Waals surface area contributed by atoms with Crippen LogP contribution in [0.3, 0.4) is 0 Å². The molecule has 0 saturated heterocycles. The van der Waals surface area contributed by atoms with E-state index in [9.17, 15) is 9.59 Å². The topological polar surface area (TPSA) is 49.4 Å². The lowest BCUT2D eigenvalue weighted by Crippen LogP contribution is -2.50. The van der Waals surface area contributed by atoms with Crippen molar-refractivity contribution in [3.8, 4) is 0 Å². The Balaban J connectivity index is 2.31. The minimum Gasteiger partial charge on any atom is -0.354 e. The van der Waals surface area contributed by atoms with E-state index in [1.165, 1.54) is 0 Å². The average Bonchev–Trinajstić information content (AvgIpc) is 2.72. The number of amides is 2. The first-order valence-electron chi connectivity index (χ1n) is 9.91. The van der Waals surface area contributed by atoms with E-state index in [1.54, 1.807) is 11.0 Å². The molecule has 0 heterocycles. The van der Waals surface area contributed by atoms with Crippen molar-refractivity contribution in [2.45, 2.75) is 52.1 Å². The molecule has 1 atom stereocenters. The van der Waals surface area contributed by atoms with E-state index in [4.69, 9.17) is 11.6 Å². The molecule has 2 rings (SSSR count). The molecular formula is C23H29ClN2O2. The third kappa shape index (κ3) is 6.38. The van der Waals surface area contributed by atoms with Crippen LogP contribution in [0.25, 0.3) is 0 Å². The first-order chi connectivity index (χ1) is 13.6. The summed E-state index contributed by atoms with van der Waals surface area (Å²) >= 11 is 6.32. The molecule has 4 nitrogen and oxygen atoms in total. The third-order valence-corrected chi connectivity index (χ3v) is 5.07. The van der Waals surface area contributed by atoms with Crippen LogP contribution >= 0.6 is 11.6 Å². The van der Waals surface area contributed by atoms with E-state index in [0.717, 1.165) is 24.0 Å². The molecule has 1 unspecified atom stereocenters. The Morgan fingerprint density at radius 1 is 1.04 bits per heavy atom. The van der Waals surface area contributed by atoms with Gasteiger partial charge in [-0.1, -0.05) is 80.4 Å². The summed E-state index contributed by atoms with van der Waals surface area (Å²) in [5, 5.41) is 3.60. The second-order valence-corrected chi connectivity index (χ2v) is 7.22. The number of rotatable bonds is 10. The normalized spacial score (nSPS) is 11.7. The fourth-order valence-electron chi connectivity index (χ4n) is 3.07. The Labute approximate surface area is 172 Å². The molecule has 150 valence electrons. The quantitative estimate of drug-likeness (QED) is 0.592. The van der Waals surface area contributed by atoms with Gasteiger partial charge in [0.15, 0.2) is 0 Å². The molecule has 2 aromatic rings. The smallest absolute Gasteiger partial charge is 0.243 e. The average molecular weight is 401 g/mol. The van der Waals surface area contributed by atoms with Gasteiger partial charge in [-0.25, -0.2) is 0 Å². The van der Waals surface area contributed by atoms with Crippen LogP contribution in [0.2, 0.25) is 5.02 Å². The van der Waals surface area contributed by atoms with Crippen molar-refractivity contribution in [3.63, 3.8) is 0 Å². The van der Waals surface area contributed by atoms with Crippen LogP contribution in [0, 0.1) is 0 Å². The fourth-order valence-corrected chi connectivity index (χ4v) is 3.27. The maximum Gasteiger partial charge on any atom is 0.243 e. The lowest BCUT2D eigenvalue weighted by atomic mass is 10.0. The molecule has 0 bridgehead atoms. The van der Waals surface area contributed by atoms with E-state index >= 15 is 0 Å². The molecule has 0 aliphatic heterocycles. The largest absolute Gasteiger partial charge is 0.354 e. The van der Waals surface area contributed by atoms with Crippen molar-refractivity contribution in [2.24, 2.45) is 0 Å². The van der Waals surface area contributed by atoms with E-state index in [0.29, 0.717) is 31.0 Å². The molecule has 0 fully saturated rings. The van der Waals surface area contributed by atoms with Gasteiger partial charge in [-0.15, -0.1) is 0 Å². The fraction of sp³-hybridized carbons (Fsp3) is 0.391. The predicted octanol–water partition coefficient (Wildman–Crippen LogP) is 4.61. The van der Waals surface area contributed by atoms with Gasteiger partial charge in [0, 0.05) is 31.0 Å². The molecule has 0 aromatic heterocycles. The van der Waals surface area contributed by atoms with Gasteiger partial charge in [0.25, 0.3) is 0 Å². The number of nitrogens with one attached hydrogen (secondary N) is 1. The summed E-state index contributed by atoms with van der Waals surface area (Å²) in [6, 6.07) is 16.7. The highest BCUT2D eigenvalue weighted by molar-refractivity contribution is 6.31. The summed E-state index contributed by atoms with van der Waals surface area (Å²) < 4.78 is 0. The summed E-state index contributed by atoms with van der Waals surface area (Å²) in [6.45, 7) is 4.82. The van der Waals surface area contributed by atoms with Gasteiger partial charge in [0.2, 0.25) is 11.8 Å². The number of carbonyl (C=O) groups excluding carboxylic acids is 2. The maximum absolute atomic E-state index is 13.0. The summed E-state index contributed by atoms with van der Waals surface area (Å²) in [4.78, 5) is 27.5. The van der Waals surface area contributed by atoms with Crippen molar-refractivity contribution < 1.29 is 9.59 Å². The summed E-state index contributed by atoms with van der Waals surface area (Å²) in [5.41, 5.74) is 1.86. The highest BCUT2D eigenvalue weighted by atomic mass is 35.5. The van der Waals surface area contributed by atoms with Gasteiger partial charge in [-0.2, -0.15) is 0 Å². The van der Waals surface area contributed by atoms with Gasteiger partial charge in [0.05, 0.1) is 0 Å². The molecule has 0 radical (unpaired) electrons. The second-order valence-electron chi connectivity index (χ2n) is 6.82. The Morgan fingerprint density at radius 3 is 2.36 bits per heavy atom. The number of hydrogen-bond donors (Lipinski definition) is 1. The number of carbonyl (C=O) groups is 2. The number of unbranched alkanes of at least 4 members (excludes halogenated alkanes) is 1. The molecule has 0 saturated carbocycles. The molecule has 2 amide bonds. The van der Waals surface area contributed by atoms with Crippen LogP contribution < -0.4 is 5.32 Å². The van der Waals surface area contributed by atoms with E-state index in [2.05, 4.69) is 12.2 Å². The molecule has 0 aliphatic rings. The first-order valence-corrected chi connectivity index (χ1v) is 10.3.